The molecule has 1 rings (SSSR count). The second kappa shape index (κ2) is 6.33. The summed E-state index contributed by atoms with van der Waals surface area (Å²) in [5, 5.41) is 9.26. The molecule has 0 radical (unpaired) electrons. The largest absolute Gasteiger partial charge is 0.465 e. The molecule has 1 aromatic rings. The molecule has 4 nitrogen and oxygen atoms in total. The number of esters is 1. The van der Waals surface area contributed by atoms with Crippen LogP contribution in [0.15, 0.2) is 22.7 Å². The van der Waals surface area contributed by atoms with Gasteiger partial charge in [-0.15, -0.1) is 0 Å². The Balaban J connectivity index is 3.20. The summed E-state index contributed by atoms with van der Waals surface area (Å²) in [6.07, 6.45) is -0.689. The Labute approximate surface area is 122 Å². The molecule has 0 saturated carbocycles. The van der Waals surface area contributed by atoms with Crippen LogP contribution in [-0.2, 0) is 9.16 Å². The van der Waals surface area contributed by atoms with Crippen LogP contribution in [-0.4, -0.2) is 21.4 Å². The van der Waals surface area contributed by atoms with Gasteiger partial charge in [0.2, 0.25) is 0 Å². The van der Waals surface area contributed by atoms with Crippen LogP contribution in [0, 0.1) is 11.3 Å². The molecule has 0 saturated heterocycles. The Kier molecular flexibility index (Phi) is 5.29. The first kappa shape index (κ1) is 15.9. The SMILES string of the molecule is COC(=O)c1cccc(C(C#N)O[Si](C)(C)C)c1Br. The molecule has 19 heavy (non-hydrogen) atoms. The van der Waals surface area contributed by atoms with Gasteiger partial charge >= 0.3 is 5.97 Å². The standard InChI is InChI=1S/C13H16BrNO3Si/c1-17-13(16)10-7-5-6-9(12(10)14)11(8-15)18-19(2,3)4/h5-7,11H,1-4H3. The van der Waals surface area contributed by atoms with Gasteiger partial charge in [0.1, 0.15) is 0 Å². The first-order valence-electron chi connectivity index (χ1n) is 5.74. The number of carbonyl (C=O) groups is 1. The van der Waals surface area contributed by atoms with Crippen molar-refractivity contribution in [3.05, 3.63) is 33.8 Å². The number of benzene rings is 1. The molecule has 1 aromatic carbocycles. The molecule has 6 heteroatoms. The highest BCUT2D eigenvalue weighted by Gasteiger charge is 2.25. The number of hydrogen-bond donors (Lipinski definition) is 0. The minimum absolute atomic E-state index is 0.388. The van der Waals surface area contributed by atoms with Crippen molar-refractivity contribution in [3.63, 3.8) is 0 Å². The van der Waals surface area contributed by atoms with E-state index in [0.717, 1.165) is 0 Å². The Hall–Kier alpha value is -1.16. The molecule has 0 N–H and O–H groups in total. The molecule has 0 fully saturated rings. The third-order valence-corrected chi connectivity index (χ3v) is 4.13. The maximum Gasteiger partial charge on any atom is 0.339 e. The summed E-state index contributed by atoms with van der Waals surface area (Å²) in [6, 6.07) is 7.25. The lowest BCUT2D eigenvalue weighted by atomic mass is 10.1. The third-order valence-electron chi connectivity index (χ3n) is 2.31. The lowest BCUT2D eigenvalue weighted by Gasteiger charge is -2.23. The molecule has 102 valence electrons. The second-order valence-corrected chi connectivity index (χ2v) is 10.2. The van der Waals surface area contributed by atoms with Gasteiger partial charge in [-0.2, -0.15) is 5.26 Å². The monoisotopic (exact) mass is 341 g/mol. The van der Waals surface area contributed by atoms with Crippen LogP contribution < -0.4 is 0 Å². The van der Waals surface area contributed by atoms with Gasteiger partial charge in [0.15, 0.2) is 14.4 Å². The fourth-order valence-corrected chi connectivity index (χ4v) is 3.05. The predicted molar refractivity (Wildman–Crippen MR) is 78.3 cm³/mol. The van der Waals surface area contributed by atoms with Crippen molar-refractivity contribution in [3.8, 4) is 6.07 Å². The number of nitriles is 1. The minimum Gasteiger partial charge on any atom is -0.465 e. The highest BCUT2D eigenvalue weighted by Crippen LogP contribution is 2.31. The Morgan fingerprint density at radius 2 is 2.05 bits per heavy atom. The number of nitrogens with zero attached hydrogens (tertiary/aromatic N) is 1. The second-order valence-electron chi connectivity index (χ2n) is 4.94. The zero-order valence-corrected chi connectivity index (χ0v) is 13.9. The Morgan fingerprint density at radius 1 is 1.42 bits per heavy atom. The quantitative estimate of drug-likeness (QED) is 0.619. The van der Waals surface area contributed by atoms with E-state index in [9.17, 15) is 10.1 Å². The zero-order valence-electron chi connectivity index (χ0n) is 11.4. The molecule has 0 heterocycles. The Bertz CT molecular complexity index is 520. The highest BCUT2D eigenvalue weighted by molar-refractivity contribution is 9.10. The fourth-order valence-electron chi connectivity index (χ4n) is 1.53. The van der Waals surface area contributed by atoms with Crippen LogP contribution in [0.4, 0.5) is 0 Å². The fraction of sp³-hybridized carbons (Fsp3) is 0.385. The smallest absolute Gasteiger partial charge is 0.339 e. The number of ether oxygens (including phenoxy) is 1. The van der Waals surface area contributed by atoms with Crippen molar-refractivity contribution < 1.29 is 14.0 Å². The Morgan fingerprint density at radius 3 is 2.53 bits per heavy atom. The summed E-state index contributed by atoms with van der Waals surface area (Å²) in [5.41, 5.74) is 1.03. The minimum atomic E-state index is -1.86. The van der Waals surface area contributed by atoms with Gasteiger partial charge in [0.05, 0.1) is 18.7 Å². The van der Waals surface area contributed by atoms with Crippen LogP contribution in [0.2, 0.25) is 19.6 Å². The van der Waals surface area contributed by atoms with Crippen LogP contribution >= 0.6 is 15.9 Å². The van der Waals surface area contributed by atoms with Gasteiger partial charge in [0, 0.05) is 10.0 Å². The van der Waals surface area contributed by atoms with Gasteiger partial charge in [-0.25, -0.2) is 4.79 Å². The lowest BCUT2D eigenvalue weighted by Crippen LogP contribution is -2.27. The number of rotatable bonds is 4. The van der Waals surface area contributed by atoms with E-state index in [1.807, 2.05) is 19.6 Å². The van der Waals surface area contributed by atoms with Gasteiger partial charge in [0.25, 0.3) is 0 Å². The van der Waals surface area contributed by atoms with Gasteiger partial charge < -0.3 is 9.16 Å². The van der Waals surface area contributed by atoms with E-state index in [-0.39, 0.29) is 0 Å². The predicted octanol–water partition coefficient (Wildman–Crippen LogP) is 3.65. The van der Waals surface area contributed by atoms with Gasteiger partial charge in [-0.3, -0.25) is 0 Å². The summed E-state index contributed by atoms with van der Waals surface area (Å²) < 4.78 is 11.1. The molecular formula is C13H16BrNO3Si. The van der Waals surface area contributed by atoms with Crippen LogP contribution in [0.1, 0.15) is 22.0 Å². The first-order valence-corrected chi connectivity index (χ1v) is 9.94. The molecule has 0 aromatic heterocycles. The van der Waals surface area contributed by atoms with E-state index in [0.29, 0.717) is 15.6 Å². The molecule has 1 atom stereocenters. The summed E-state index contributed by atoms with van der Waals surface area (Å²) in [5.74, 6) is -0.446. The van der Waals surface area contributed by atoms with Gasteiger partial charge in [-0.05, 0) is 41.6 Å². The summed E-state index contributed by atoms with van der Waals surface area (Å²) >= 11 is 3.36. The number of carbonyl (C=O) groups excluding carboxylic acids is 1. The maximum atomic E-state index is 11.6. The van der Waals surface area contributed by atoms with Crippen LogP contribution in [0.3, 0.4) is 0 Å². The van der Waals surface area contributed by atoms with E-state index in [1.165, 1.54) is 7.11 Å². The van der Waals surface area contributed by atoms with Crippen LogP contribution in [0.25, 0.3) is 0 Å². The molecule has 0 bridgehead atoms. The van der Waals surface area contributed by atoms with Crippen molar-refractivity contribution in [2.75, 3.05) is 7.11 Å². The molecule has 0 aliphatic carbocycles. The van der Waals surface area contributed by atoms with Crippen LogP contribution in [0.5, 0.6) is 0 Å². The molecule has 0 amide bonds. The third kappa shape index (κ3) is 4.16. The molecule has 0 spiro atoms. The van der Waals surface area contributed by atoms with E-state index >= 15 is 0 Å². The first-order chi connectivity index (χ1) is 8.80. The topological polar surface area (TPSA) is 59.3 Å². The van der Waals surface area contributed by atoms with Crippen molar-refractivity contribution in [2.24, 2.45) is 0 Å². The van der Waals surface area contributed by atoms with Crippen molar-refractivity contribution in [1.82, 2.24) is 0 Å². The summed E-state index contributed by atoms with van der Waals surface area (Å²) in [7, 11) is -0.538. The average molecular weight is 342 g/mol. The lowest BCUT2D eigenvalue weighted by molar-refractivity contribution is 0.0599. The van der Waals surface area contributed by atoms with Gasteiger partial charge in [-0.1, -0.05) is 12.1 Å². The molecular weight excluding hydrogens is 326 g/mol. The zero-order chi connectivity index (χ0) is 14.6. The van der Waals surface area contributed by atoms with Crippen molar-refractivity contribution in [2.45, 2.75) is 25.7 Å². The number of methoxy groups -OCH3 is 1. The van der Waals surface area contributed by atoms with Crippen molar-refractivity contribution in [1.29, 1.82) is 5.26 Å². The summed E-state index contributed by atoms with van der Waals surface area (Å²) in [6.45, 7) is 6.03. The average Bonchev–Trinajstić information content (AvgIpc) is 2.34. The van der Waals surface area contributed by atoms with E-state index < -0.39 is 20.4 Å². The highest BCUT2D eigenvalue weighted by atomic mass is 79.9. The van der Waals surface area contributed by atoms with E-state index in [2.05, 4.69) is 22.0 Å². The van der Waals surface area contributed by atoms with Crippen molar-refractivity contribution >= 4 is 30.2 Å². The normalized spacial score (nSPS) is 12.6. The summed E-state index contributed by atoms with van der Waals surface area (Å²) in [4.78, 5) is 11.6. The molecule has 1 unspecified atom stereocenters. The number of halogens is 1. The maximum absolute atomic E-state index is 11.6. The van der Waals surface area contributed by atoms with E-state index in [4.69, 9.17) is 9.16 Å². The molecule has 0 aliphatic rings. The molecule has 0 aliphatic heterocycles. The van der Waals surface area contributed by atoms with E-state index in [1.54, 1.807) is 18.2 Å². The number of hydrogen-bond acceptors (Lipinski definition) is 4.